The molecule has 0 saturated carbocycles. The van der Waals surface area contributed by atoms with Gasteiger partial charge in [-0.05, 0) is 17.2 Å². The fraction of sp³-hybridized carbons (Fsp3) is 0.0769. The lowest BCUT2D eigenvalue weighted by atomic mass is 9.98. The number of phenolic OH excluding ortho intramolecular Hbond substituents is 2. The zero-order chi connectivity index (χ0) is 11.5. The van der Waals surface area contributed by atoms with Gasteiger partial charge < -0.3 is 15.9 Å². The van der Waals surface area contributed by atoms with Gasteiger partial charge in [-0.15, -0.1) is 0 Å². The topological polar surface area (TPSA) is 66.5 Å². The Morgan fingerprint density at radius 3 is 2.31 bits per heavy atom. The van der Waals surface area contributed by atoms with E-state index in [-0.39, 0.29) is 11.5 Å². The van der Waals surface area contributed by atoms with Crippen LogP contribution in [0.4, 0.5) is 0 Å². The summed E-state index contributed by atoms with van der Waals surface area (Å²) in [5, 5.41) is 19.2. The summed E-state index contributed by atoms with van der Waals surface area (Å²) in [5.41, 5.74) is 8.01. The summed E-state index contributed by atoms with van der Waals surface area (Å²) in [6.07, 6.45) is 0. The van der Waals surface area contributed by atoms with Gasteiger partial charge in [0.1, 0.15) is 0 Å². The smallest absolute Gasteiger partial charge is 0.165 e. The Balaban J connectivity index is 2.63. The lowest BCUT2D eigenvalue weighted by molar-refractivity contribution is 0.405. The maximum absolute atomic E-state index is 9.78. The molecule has 0 atom stereocenters. The molecule has 0 aliphatic carbocycles. The molecule has 0 heterocycles. The number of rotatable bonds is 2. The first-order chi connectivity index (χ1) is 7.74. The molecule has 82 valence electrons. The molecule has 3 heteroatoms. The Hall–Kier alpha value is -2.00. The molecule has 0 radical (unpaired) electrons. The molecule has 0 aliphatic heterocycles. The van der Waals surface area contributed by atoms with Gasteiger partial charge >= 0.3 is 0 Å². The number of hydrogen-bond donors (Lipinski definition) is 3. The molecule has 16 heavy (non-hydrogen) atoms. The van der Waals surface area contributed by atoms with Crippen molar-refractivity contribution in [2.75, 3.05) is 0 Å². The van der Waals surface area contributed by atoms with Gasteiger partial charge in [0.15, 0.2) is 11.5 Å². The fourth-order valence-electron chi connectivity index (χ4n) is 1.71. The van der Waals surface area contributed by atoms with E-state index in [0.29, 0.717) is 12.1 Å². The van der Waals surface area contributed by atoms with Crippen molar-refractivity contribution in [3.63, 3.8) is 0 Å². The average molecular weight is 215 g/mol. The first-order valence-corrected chi connectivity index (χ1v) is 5.03. The molecule has 0 unspecified atom stereocenters. The Bertz CT molecular complexity index is 509. The van der Waals surface area contributed by atoms with E-state index in [2.05, 4.69) is 0 Å². The standard InChI is InChI=1S/C13H13NO2/c14-8-9-4-1-2-5-10(9)11-6-3-7-12(15)13(11)16/h1-7,15-16H,8,14H2. The van der Waals surface area contributed by atoms with Crippen LogP contribution in [0.5, 0.6) is 11.5 Å². The number of nitrogens with two attached hydrogens (primary N) is 1. The van der Waals surface area contributed by atoms with Crippen molar-refractivity contribution in [2.45, 2.75) is 6.54 Å². The molecule has 0 aliphatic rings. The lowest BCUT2D eigenvalue weighted by Gasteiger charge is -2.10. The zero-order valence-electron chi connectivity index (χ0n) is 8.72. The van der Waals surface area contributed by atoms with Crippen molar-refractivity contribution in [2.24, 2.45) is 5.73 Å². The van der Waals surface area contributed by atoms with E-state index in [1.165, 1.54) is 6.07 Å². The van der Waals surface area contributed by atoms with Crippen molar-refractivity contribution in [3.8, 4) is 22.6 Å². The maximum Gasteiger partial charge on any atom is 0.165 e. The molecule has 0 saturated heterocycles. The summed E-state index contributed by atoms with van der Waals surface area (Å²) in [7, 11) is 0. The largest absolute Gasteiger partial charge is 0.504 e. The van der Waals surface area contributed by atoms with Gasteiger partial charge in [-0.25, -0.2) is 0 Å². The SMILES string of the molecule is NCc1ccccc1-c1cccc(O)c1O. The van der Waals surface area contributed by atoms with E-state index in [0.717, 1.165) is 11.1 Å². The van der Waals surface area contributed by atoms with Crippen LogP contribution in [0, 0.1) is 0 Å². The Labute approximate surface area is 93.8 Å². The number of para-hydroxylation sites is 1. The summed E-state index contributed by atoms with van der Waals surface area (Å²) in [6.45, 7) is 0.394. The van der Waals surface area contributed by atoms with Crippen LogP contribution in [0.25, 0.3) is 11.1 Å². The van der Waals surface area contributed by atoms with Crippen molar-refractivity contribution in [3.05, 3.63) is 48.0 Å². The van der Waals surface area contributed by atoms with E-state index in [4.69, 9.17) is 5.73 Å². The Morgan fingerprint density at radius 2 is 1.56 bits per heavy atom. The third kappa shape index (κ3) is 1.73. The normalized spacial score (nSPS) is 10.3. The van der Waals surface area contributed by atoms with Crippen LogP contribution in [0.3, 0.4) is 0 Å². The van der Waals surface area contributed by atoms with E-state index in [1.807, 2.05) is 24.3 Å². The van der Waals surface area contributed by atoms with E-state index in [9.17, 15) is 10.2 Å². The van der Waals surface area contributed by atoms with Gasteiger partial charge in [0, 0.05) is 12.1 Å². The highest BCUT2D eigenvalue weighted by molar-refractivity contribution is 5.75. The Kier molecular flexibility index (Phi) is 2.79. The second-order valence-electron chi connectivity index (χ2n) is 3.53. The molecule has 3 nitrogen and oxygen atoms in total. The molecule has 0 fully saturated rings. The third-order valence-corrected chi connectivity index (χ3v) is 2.54. The molecular weight excluding hydrogens is 202 g/mol. The van der Waals surface area contributed by atoms with Crippen LogP contribution in [-0.4, -0.2) is 10.2 Å². The minimum Gasteiger partial charge on any atom is -0.504 e. The predicted molar refractivity (Wildman–Crippen MR) is 63.1 cm³/mol. The molecule has 2 aromatic rings. The van der Waals surface area contributed by atoms with Crippen LogP contribution < -0.4 is 5.73 Å². The van der Waals surface area contributed by atoms with Gasteiger partial charge in [0.05, 0.1) is 0 Å². The van der Waals surface area contributed by atoms with Crippen molar-refractivity contribution in [1.82, 2.24) is 0 Å². The van der Waals surface area contributed by atoms with Gasteiger partial charge in [0.2, 0.25) is 0 Å². The summed E-state index contributed by atoms with van der Waals surface area (Å²) < 4.78 is 0. The zero-order valence-corrected chi connectivity index (χ0v) is 8.72. The average Bonchev–Trinajstić information content (AvgIpc) is 2.33. The van der Waals surface area contributed by atoms with Crippen molar-refractivity contribution in [1.29, 1.82) is 0 Å². The molecular formula is C13H13NO2. The van der Waals surface area contributed by atoms with Crippen LogP contribution >= 0.6 is 0 Å². The van der Waals surface area contributed by atoms with Crippen LogP contribution in [-0.2, 0) is 6.54 Å². The molecule has 0 aromatic heterocycles. The van der Waals surface area contributed by atoms with Gasteiger partial charge in [-0.1, -0.05) is 36.4 Å². The molecule has 2 rings (SSSR count). The summed E-state index contributed by atoms with van der Waals surface area (Å²) in [5.74, 6) is -0.229. The third-order valence-electron chi connectivity index (χ3n) is 2.54. The first kappa shape index (κ1) is 10.5. The van der Waals surface area contributed by atoms with Crippen LogP contribution in [0.2, 0.25) is 0 Å². The maximum atomic E-state index is 9.78. The molecule has 2 aromatic carbocycles. The number of hydrogen-bond acceptors (Lipinski definition) is 3. The number of phenols is 2. The van der Waals surface area contributed by atoms with Crippen molar-refractivity contribution >= 4 is 0 Å². The minimum atomic E-state index is -0.121. The van der Waals surface area contributed by atoms with Gasteiger partial charge in [-0.2, -0.15) is 0 Å². The molecule has 0 bridgehead atoms. The number of aromatic hydroxyl groups is 2. The minimum absolute atomic E-state index is 0.108. The van der Waals surface area contributed by atoms with E-state index >= 15 is 0 Å². The highest BCUT2D eigenvalue weighted by Gasteiger charge is 2.10. The fourth-order valence-corrected chi connectivity index (χ4v) is 1.71. The van der Waals surface area contributed by atoms with Gasteiger partial charge in [0.25, 0.3) is 0 Å². The number of benzene rings is 2. The first-order valence-electron chi connectivity index (χ1n) is 5.03. The molecule has 0 spiro atoms. The molecule has 4 N–H and O–H groups in total. The second-order valence-corrected chi connectivity index (χ2v) is 3.53. The van der Waals surface area contributed by atoms with E-state index in [1.54, 1.807) is 12.1 Å². The van der Waals surface area contributed by atoms with Gasteiger partial charge in [-0.3, -0.25) is 0 Å². The van der Waals surface area contributed by atoms with Crippen LogP contribution in [0.1, 0.15) is 5.56 Å². The second kappa shape index (κ2) is 4.24. The monoisotopic (exact) mass is 215 g/mol. The highest BCUT2D eigenvalue weighted by atomic mass is 16.3. The summed E-state index contributed by atoms with van der Waals surface area (Å²) in [4.78, 5) is 0. The molecule has 0 amide bonds. The van der Waals surface area contributed by atoms with E-state index < -0.39 is 0 Å². The summed E-state index contributed by atoms with van der Waals surface area (Å²) in [6, 6.07) is 12.4. The Morgan fingerprint density at radius 1 is 0.875 bits per heavy atom. The van der Waals surface area contributed by atoms with Crippen LogP contribution in [0.15, 0.2) is 42.5 Å². The lowest BCUT2D eigenvalue weighted by Crippen LogP contribution is -1.98. The van der Waals surface area contributed by atoms with Crippen molar-refractivity contribution < 1.29 is 10.2 Å². The predicted octanol–water partition coefficient (Wildman–Crippen LogP) is 2.22. The highest BCUT2D eigenvalue weighted by Crippen LogP contribution is 2.37. The quantitative estimate of drug-likeness (QED) is 0.673. The summed E-state index contributed by atoms with van der Waals surface area (Å²) >= 11 is 0.